The van der Waals surface area contributed by atoms with Crippen molar-refractivity contribution in [1.29, 1.82) is 5.26 Å². The summed E-state index contributed by atoms with van der Waals surface area (Å²) in [6.45, 7) is 9.46. The molecule has 0 amide bonds. The molecule has 23 heavy (non-hydrogen) atoms. The number of ether oxygens (including phenoxy) is 1. The van der Waals surface area contributed by atoms with Crippen molar-refractivity contribution in [3.05, 3.63) is 65.8 Å². The molecule has 0 N–H and O–H groups in total. The van der Waals surface area contributed by atoms with Crippen LogP contribution in [0.1, 0.15) is 39.2 Å². The fourth-order valence-corrected chi connectivity index (χ4v) is 1.34. The van der Waals surface area contributed by atoms with Gasteiger partial charge in [-0.2, -0.15) is 5.26 Å². The maximum atomic E-state index is 10.7. The summed E-state index contributed by atoms with van der Waals surface area (Å²) in [5, 5.41) is 8.48. The quantitative estimate of drug-likeness (QED) is 0.242. The molecule has 0 aliphatic rings. The van der Waals surface area contributed by atoms with Gasteiger partial charge in [0.25, 0.3) is 0 Å². The van der Waals surface area contributed by atoms with Crippen LogP contribution in [0.25, 0.3) is 6.08 Å². The number of carbonyl (C=O) groups excluding carboxylic acids is 1. The number of esters is 1. The van der Waals surface area contributed by atoms with Crippen LogP contribution in [0.5, 0.6) is 0 Å². The van der Waals surface area contributed by atoms with Crippen LogP contribution < -0.4 is 0 Å². The Morgan fingerprint density at radius 2 is 1.96 bits per heavy atom. The number of rotatable bonds is 6. The highest BCUT2D eigenvalue weighted by atomic mass is 16.5. The lowest BCUT2D eigenvalue weighted by Crippen LogP contribution is -2.05. The zero-order valence-corrected chi connectivity index (χ0v) is 14.2. The largest absolute Gasteiger partial charge is 0.462 e. The Morgan fingerprint density at radius 3 is 2.48 bits per heavy atom. The number of unbranched alkanes of at least 4 members (excludes halogenated alkanes) is 1. The first-order valence-corrected chi connectivity index (χ1v) is 7.64. The minimum Gasteiger partial charge on any atom is -0.462 e. The third kappa shape index (κ3) is 11.7. The predicted octanol–water partition coefficient (Wildman–Crippen LogP) is 5.08. The molecule has 1 aromatic rings. The van der Waals surface area contributed by atoms with Gasteiger partial charge in [-0.1, -0.05) is 62.4 Å². The Morgan fingerprint density at radius 1 is 1.30 bits per heavy atom. The van der Waals surface area contributed by atoms with Gasteiger partial charge in [-0.25, -0.2) is 4.79 Å². The Hall–Kier alpha value is -2.60. The van der Waals surface area contributed by atoms with E-state index in [-0.39, 0.29) is 5.97 Å². The number of benzene rings is 1. The molecule has 0 saturated heterocycles. The molecule has 1 rings (SSSR count). The van der Waals surface area contributed by atoms with Gasteiger partial charge in [-0.3, -0.25) is 0 Å². The molecule has 3 heteroatoms. The third-order valence-electron chi connectivity index (χ3n) is 2.69. The summed E-state index contributed by atoms with van der Waals surface area (Å²) in [7, 11) is 0. The third-order valence-corrected chi connectivity index (χ3v) is 2.69. The maximum Gasteiger partial charge on any atom is 0.333 e. The molecule has 0 bridgehead atoms. The fourth-order valence-electron chi connectivity index (χ4n) is 1.34. The average molecular weight is 311 g/mol. The predicted molar refractivity (Wildman–Crippen MR) is 95.5 cm³/mol. The van der Waals surface area contributed by atoms with Crippen LogP contribution in [0.15, 0.2) is 60.2 Å². The van der Waals surface area contributed by atoms with Crippen LogP contribution in [-0.4, -0.2) is 12.6 Å². The van der Waals surface area contributed by atoms with Gasteiger partial charge < -0.3 is 4.74 Å². The second-order valence-corrected chi connectivity index (χ2v) is 5.00. The molecule has 0 radical (unpaired) electrons. The number of nitriles is 1. The molecule has 0 spiro atoms. The topological polar surface area (TPSA) is 50.1 Å². The molecular formula is C20H25NO2. The van der Waals surface area contributed by atoms with Crippen LogP contribution in [0, 0.1) is 11.3 Å². The summed E-state index contributed by atoms with van der Waals surface area (Å²) < 4.78 is 4.81. The first kappa shape index (κ1) is 20.4. The van der Waals surface area contributed by atoms with E-state index in [0.29, 0.717) is 17.8 Å². The Labute approximate surface area is 139 Å². The monoisotopic (exact) mass is 311 g/mol. The zero-order chi connectivity index (χ0) is 17.5. The van der Waals surface area contributed by atoms with E-state index in [1.165, 1.54) is 0 Å². The SMILES string of the molecule is C=C(C)C(=O)OCCCC.CC(C#N)=CC=Cc1ccccc1. The van der Waals surface area contributed by atoms with Crippen molar-refractivity contribution in [2.45, 2.75) is 33.6 Å². The van der Waals surface area contributed by atoms with E-state index in [9.17, 15) is 4.79 Å². The van der Waals surface area contributed by atoms with Crippen molar-refractivity contribution < 1.29 is 9.53 Å². The Kier molecular flexibility index (Phi) is 11.6. The van der Waals surface area contributed by atoms with Crippen LogP contribution in [0.3, 0.4) is 0 Å². The molecule has 1 aromatic carbocycles. The van der Waals surface area contributed by atoms with Gasteiger partial charge in [0, 0.05) is 11.1 Å². The van der Waals surface area contributed by atoms with Gasteiger partial charge in [0.05, 0.1) is 12.7 Å². The number of nitrogens with zero attached hydrogens (tertiary/aromatic N) is 1. The second-order valence-electron chi connectivity index (χ2n) is 5.00. The van der Waals surface area contributed by atoms with E-state index in [4.69, 9.17) is 10.00 Å². The Balaban J connectivity index is 0.000000438. The van der Waals surface area contributed by atoms with Crippen LogP contribution >= 0.6 is 0 Å². The summed E-state index contributed by atoms with van der Waals surface area (Å²) in [6.07, 6.45) is 7.63. The lowest BCUT2D eigenvalue weighted by molar-refractivity contribution is -0.139. The normalized spacial score (nSPS) is 10.4. The van der Waals surface area contributed by atoms with Crippen LogP contribution in [0.2, 0.25) is 0 Å². The van der Waals surface area contributed by atoms with Gasteiger partial charge >= 0.3 is 5.97 Å². The highest BCUT2D eigenvalue weighted by Gasteiger charge is 2.00. The number of allylic oxidation sites excluding steroid dienone is 3. The van der Waals surface area contributed by atoms with E-state index in [1.807, 2.05) is 42.5 Å². The molecule has 0 atom stereocenters. The van der Waals surface area contributed by atoms with Crippen molar-refractivity contribution in [1.82, 2.24) is 0 Å². The lowest BCUT2D eigenvalue weighted by atomic mass is 10.2. The highest BCUT2D eigenvalue weighted by molar-refractivity contribution is 5.86. The van der Waals surface area contributed by atoms with Gasteiger partial charge in [0.15, 0.2) is 0 Å². The van der Waals surface area contributed by atoms with Crippen LogP contribution in [0.4, 0.5) is 0 Å². The van der Waals surface area contributed by atoms with Crippen molar-refractivity contribution in [2.24, 2.45) is 0 Å². The molecule has 0 saturated carbocycles. The molecular weight excluding hydrogens is 286 g/mol. The summed E-state index contributed by atoms with van der Waals surface area (Å²) in [5.41, 5.74) is 2.33. The zero-order valence-electron chi connectivity index (χ0n) is 14.2. The van der Waals surface area contributed by atoms with E-state index in [2.05, 4.69) is 19.6 Å². The number of hydrogen-bond acceptors (Lipinski definition) is 3. The van der Waals surface area contributed by atoms with Crippen molar-refractivity contribution >= 4 is 12.0 Å². The summed E-state index contributed by atoms with van der Waals surface area (Å²) >= 11 is 0. The van der Waals surface area contributed by atoms with Crippen molar-refractivity contribution in [3.8, 4) is 6.07 Å². The highest BCUT2D eigenvalue weighted by Crippen LogP contribution is 2.01. The molecule has 122 valence electrons. The van der Waals surface area contributed by atoms with E-state index in [0.717, 1.165) is 18.4 Å². The van der Waals surface area contributed by atoms with Gasteiger partial charge in [0.2, 0.25) is 0 Å². The summed E-state index contributed by atoms with van der Waals surface area (Å²) in [6, 6.07) is 12.1. The first-order valence-electron chi connectivity index (χ1n) is 7.64. The fraction of sp³-hybridized carbons (Fsp3) is 0.300. The standard InChI is InChI=1S/C12H11N.C8H14O2/c1-11(10-13)6-5-9-12-7-3-2-4-8-12;1-4-5-6-10-8(9)7(2)3/h2-9H,1H3;2,4-6H2,1,3H3. The average Bonchev–Trinajstić information content (AvgIpc) is 2.56. The second kappa shape index (κ2) is 13.1. The van der Waals surface area contributed by atoms with E-state index >= 15 is 0 Å². The van der Waals surface area contributed by atoms with E-state index in [1.54, 1.807) is 19.9 Å². The minimum absolute atomic E-state index is 0.284. The lowest BCUT2D eigenvalue weighted by Gasteiger charge is -2.01. The van der Waals surface area contributed by atoms with Gasteiger partial charge in [-0.15, -0.1) is 0 Å². The smallest absolute Gasteiger partial charge is 0.333 e. The number of carbonyl (C=O) groups is 1. The molecule has 0 aromatic heterocycles. The summed E-state index contributed by atoms with van der Waals surface area (Å²) in [5.74, 6) is -0.284. The van der Waals surface area contributed by atoms with Crippen molar-refractivity contribution in [2.75, 3.05) is 6.61 Å². The van der Waals surface area contributed by atoms with E-state index < -0.39 is 0 Å². The maximum absolute atomic E-state index is 10.7. The molecule has 0 fully saturated rings. The molecule has 0 aliphatic heterocycles. The summed E-state index contributed by atoms with van der Waals surface area (Å²) in [4.78, 5) is 10.7. The first-order chi connectivity index (χ1) is 11.0. The minimum atomic E-state index is -0.284. The Bertz CT molecular complexity index is 577. The van der Waals surface area contributed by atoms with Crippen LogP contribution in [-0.2, 0) is 9.53 Å². The molecule has 0 aliphatic carbocycles. The molecule has 3 nitrogen and oxygen atoms in total. The number of hydrogen-bond donors (Lipinski definition) is 0. The molecule has 0 heterocycles. The van der Waals surface area contributed by atoms with Crippen molar-refractivity contribution in [3.63, 3.8) is 0 Å². The van der Waals surface area contributed by atoms with Gasteiger partial charge in [-0.05, 0) is 31.9 Å². The molecule has 0 unspecified atom stereocenters. The van der Waals surface area contributed by atoms with Gasteiger partial charge in [0.1, 0.15) is 0 Å².